The molecule has 2 atom stereocenters. The van der Waals surface area contributed by atoms with Crippen molar-refractivity contribution in [2.24, 2.45) is 5.41 Å². The number of sulfone groups is 1. The Balaban J connectivity index is 2.99. The molecule has 0 amide bonds. The zero-order valence-corrected chi connectivity index (χ0v) is 7.13. The summed E-state index contributed by atoms with van der Waals surface area (Å²) in [6.07, 6.45) is 0.858. The Morgan fingerprint density at radius 1 is 1.75 bits per heavy atom. The van der Waals surface area contributed by atoms with E-state index < -0.39 is 26.5 Å². The predicted molar refractivity (Wildman–Crippen MR) is 38.9 cm³/mol. The molecule has 0 radical (unpaired) electrons. The lowest BCUT2D eigenvalue weighted by atomic mass is 10.1. The van der Waals surface area contributed by atoms with E-state index in [1.54, 1.807) is 0 Å². The summed E-state index contributed by atoms with van der Waals surface area (Å²) in [5, 5.41) is 16.0. The van der Waals surface area contributed by atoms with Crippen molar-refractivity contribution in [2.75, 3.05) is 6.26 Å². The average molecular weight is 189 g/mol. The summed E-state index contributed by atoms with van der Waals surface area (Å²) >= 11 is 0. The molecule has 0 spiro atoms. The first kappa shape index (κ1) is 9.00. The summed E-state index contributed by atoms with van der Waals surface area (Å²) in [5.74, 6) is -1.35. The first-order valence-corrected chi connectivity index (χ1v) is 5.13. The zero-order valence-electron chi connectivity index (χ0n) is 6.31. The van der Waals surface area contributed by atoms with E-state index >= 15 is 0 Å². The van der Waals surface area contributed by atoms with Crippen LogP contribution in [-0.2, 0) is 14.6 Å². The molecule has 1 saturated carbocycles. The van der Waals surface area contributed by atoms with E-state index in [1.807, 2.05) is 0 Å². The van der Waals surface area contributed by atoms with E-state index in [-0.39, 0.29) is 6.42 Å². The van der Waals surface area contributed by atoms with Gasteiger partial charge >= 0.3 is 5.97 Å². The van der Waals surface area contributed by atoms with Gasteiger partial charge < -0.3 is 5.11 Å². The number of rotatable bonds is 2. The fraction of sp³-hybridized carbons (Fsp3) is 0.667. The van der Waals surface area contributed by atoms with Crippen molar-refractivity contribution in [1.82, 2.24) is 0 Å². The maximum absolute atomic E-state index is 10.9. The van der Waals surface area contributed by atoms with Crippen LogP contribution in [0.3, 0.4) is 0 Å². The van der Waals surface area contributed by atoms with Gasteiger partial charge in [0.25, 0.3) is 0 Å². The molecule has 1 fully saturated rings. The van der Waals surface area contributed by atoms with Crippen LogP contribution < -0.4 is 0 Å². The van der Waals surface area contributed by atoms with E-state index in [0.717, 1.165) is 6.26 Å². The Morgan fingerprint density at radius 3 is 2.33 bits per heavy atom. The van der Waals surface area contributed by atoms with Crippen molar-refractivity contribution >= 4 is 15.8 Å². The Labute approximate surface area is 69.5 Å². The molecule has 1 aliphatic rings. The first-order valence-electron chi connectivity index (χ1n) is 3.18. The molecule has 0 aromatic heterocycles. The Morgan fingerprint density at radius 2 is 2.25 bits per heavy atom. The van der Waals surface area contributed by atoms with E-state index in [0.29, 0.717) is 0 Å². The van der Waals surface area contributed by atoms with E-state index in [2.05, 4.69) is 0 Å². The number of hydrogen-bond donors (Lipinski definition) is 1. The summed E-state index contributed by atoms with van der Waals surface area (Å²) in [4.78, 5) is 10.5. The molecule has 0 aliphatic heterocycles. The van der Waals surface area contributed by atoms with Gasteiger partial charge in [0.1, 0.15) is 0 Å². The molecule has 0 heterocycles. The summed E-state index contributed by atoms with van der Waals surface area (Å²) in [7, 11) is -3.40. The molecular formula is C6H7NO4S. The molecule has 6 heteroatoms. The number of hydrogen-bond acceptors (Lipinski definition) is 4. The zero-order chi connectivity index (χ0) is 9.57. The number of nitrogens with zero attached hydrogens (tertiary/aromatic N) is 1. The fourth-order valence-corrected chi connectivity index (χ4v) is 2.59. The minimum absolute atomic E-state index is 0.0856. The van der Waals surface area contributed by atoms with Crippen LogP contribution in [-0.4, -0.2) is 31.0 Å². The highest BCUT2D eigenvalue weighted by Gasteiger charge is 2.66. The number of carboxylic acids is 1. The molecule has 0 bridgehead atoms. The predicted octanol–water partition coefficient (Wildman–Crippen LogP) is -0.602. The van der Waals surface area contributed by atoms with Gasteiger partial charge in [-0.1, -0.05) is 0 Å². The summed E-state index contributed by atoms with van der Waals surface area (Å²) in [6.45, 7) is 0. The monoisotopic (exact) mass is 189 g/mol. The molecule has 12 heavy (non-hydrogen) atoms. The number of carbonyl (C=O) groups is 1. The second-order valence-corrected chi connectivity index (χ2v) is 5.14. The minimum Gasteiger partial charge on any atom is -0.480 e. The molecule has 1 rings (SSSR count). The third kappa shape index (κ3) is 1.06. The number of aliphatic carboxylic acids is 1. The van der Waals surface area contributed by atoms with Gasteiger partial charge in [0.2, 0.25) is 0 Å². The van der Waals surface area contributed by atoms with Crippen molar-refractivity contribution in [1.29, 1.82) is 5.26 Å². The summed E-state index contributed by atoms with van der Waals surface area (Å²) in [6, 6.07) is 1.53. The minimum atomic E-state index is -3.40. The van der Waals surface area contributed by atoms with Gasteiger partial charge in [-0.3, -0.25) is 4.79 Å². The van der Waals surface area contributed by atoms with Crippen molar-refractivity contribution < 1.29 is 18.3 Å². The Bertz CT molecular complexity index is 365. The molecule has 1 N–H and O–H groups in total. The maximum atomic E-state index is 10.9. The fourth-order valence-electron chi connectivity index (χ4n) is 1.14. The third-order valence-corrected chi connectivity index (χ3v) is 3.60. The SMILES string of the molecule is CS(=O)(=O)[C@H]1C[C@]1(C#N)C(=O)O. The molecule has 1 aliphatic carbocycles. The second-order valence-electron chi connectivity index (χ2n) is 2.91. The van der Waals surface area contributed by atoms with Crippen LogP contribution in [0.2, 0.25) is 0 Å². The van der Waals surface area contributed by atoms with Gasteiger partial charge in [0.05, 0.1) is 11.3 Å². The maximum Gasteiger partial charge on any atom is 0.325 e. The van der Waals surface area contributed by atoms with Crippen LogP contribution in [0.5, 0.6) is 0 Å². The molecule has 0 saturated heterocycles. The van der Waals surface area contributed by atoms with Gasteiger partial charge in [-0.05, 0) is 6.42 Å². The van der Waals surface area contributed by atoms with Gasteiger partial charge in [-0.2, -0.15) is 5.26 Å². The number of nitriles is 1. The molecule has 0 aromatic carbocycles. The summed E-state index contributed by atoms with van der Waals surface area (Å²) in [5.41, 5.74) is -1.67. The Hall–Kier alpha value is -1.09. The van der Waals surface area contributed by atoms with E-state index in [4.69, 9.17) is 10.4 Å². The van der Waals surface area contributed by atoms with Crippen LogP contribution >= 0.6 is 0 Å². The quantitative estimate of drug-likeness (QED) is 0.625. The van der Waals surface area contributed by atoms with Crippen molar-refractivity contribution in [3.63, 3.8) is 0 Å². The highest BCUT2D eigenvalue weighted by atomic mass is 32.2. The van der Waals surface area contributed by atoms with Crippen LogP contribution in [0, 0.1) is 16.7 Å². The highest BCUT2D eigenvalue weighted by molar-refractivity contribution is 7.91. The molecular weight excluding hydrogens is 182 g/mol. The molecule has 0 aromatic rings. The molecule has 66 valence electrons. The Kier molecular flexibility index (Phi) is 1.65. The van der Waals surface area contributed by atoms with Crippen LogP contribution in [0.1, 0.15) is 6.42 Å². The first-order chi connectivity index (χ1) is 5.34. The largest absolute Gasteiger partial charge is 0.480 e. The van der Waals surface area contributed by atoms with E-state index in [1.165, 1.54) is 6.07 Å². The van der Waals surface area contributed by atoms with Gasteiger partial charge in [0.15, 0.2) is 15.3 Å². The lowest BCUT2D eigenvalue weighted by Crippen LogP contribution is -2.21. The van der Waals surface area contributed by atoms with Crippen molar-refractivity contribution in [3.05, 3.63) is 0 Å². The van der Waals surface area contributed by atoms with Gasteiger partial charge in [-0.15, -0.1) is 0 Å². The lowest BCUT2D eigenvalue weighted by molar-refractivity contribution is -0.141. The molecule has 0 unspecified atom stereocenters. The lowest BCUT2D eigenvalue weighted by Gasteiger charge is -1.98. The van der Waals surface area contributed by atoms with E-state index in [9.17, 15) is 13.2 Å². The van der Waals surface area contributed by atoms with Crippen molar-refractivity contribution in [2.45, 2.75) is 11.7 Å². The van der Waals surface area contributed by atoms with Gasteiger partial charge in [0, 0.05) is 6.26 Å². The van der Waals surface area contributed by atoms with Crippen LogP contribution in [0.4, 0.5) is 0 Å². The van der Waals surface area contributed by atoms with Crippen molar-refractivity contribution in [3.8, 4) is 6.07 Å². The smallest absolute Gasteiger partial charge is 0.325 e. The second kappa shape index (κ2) is 2.20. The van der Waals surface area contributed by atoms with Crippen LogP contribution in [0.25, 0.3) is 0 Å². The van der Waals surface area contributed by atoms with Gasteiger partial charge in [-0.25, -0.2) is 8.42 Å². The van der Waals surface area contributed by atoms with Crippen LogP contribution in [0.15, 0.2) is 0 Å². The normalized spacial score (nSPS) is 33.8. The average Bonchev–Trinajstić information content (AvgIpc) is 2.60. The topological polar surface area (TPSA) is 95.2 Å². The summed E-state index contributed by atoms with van der Waals surface area (Å²) < 4.78 is 21.7. The number of carboxylic acid groups (broad SMARTS) is 1. The standard InChI is InChI=1S/C6H7NO4S/c1-12(10,11)4-2-6(4,3-7)5(8)9/h4H,2H2,1H3,(H,8,9)/t4-,6+/m0/s1. The molecule has 5 nitrogen and oxygen atoms in total. The third-order valence-electron chi connectivity index (χ3n) is 1.99. The highest BCUT2D eigenvalue weighted by Crippen LogP contribution is 2.50.